The number of nitrogens with zero attached hydrogens (tertiary/aromatic N) is 1. The topological polar surface area (TPSA) is 29.3 Å². The van der Waals surface area contributed by atoms with Crippen LogP contribution in [0.15, 0.2) is 0 Å². The third-order valence-electron chi connectivity index (χ3n) is 2.89. The van der Waals surface area contributed by atoms with Crippen LogP contribution in [-0.2, 0) is 0 Å². The average Bonchev–Trinajstić information content (AvgIpc) is 2.01. The molecule has 0 bridgehead atoms. The molecule has 0 radical (unpaired) electrons. The molecule has 2 N–H and O–H groups in total. The van der Waals surface area contributed by atoms with Crippen molar-refractivity contribution in [2.45, 2.75) is 47.0 Å². The van der Waals surface area contributed by atoms with E-state index in [2.05, 4.69) is 39.6 Å². The number of nitrogens with two attached hydrogens (primary N) is 1. The second-order valence-electron chi connectivity index (χ2n) is 5.96. The third-order valence-corrected chi connectivity index (χ3v) is 2.89. The quantitative estimate of drug-likeness (QED) is 0.673. The summed E-state index contributed by atoms with van der Waals surface area (Å²) in [5.74, 6) is 0.770. The molecule has 0 aliphatic heterocycles. The van der Waals surface area contributed by atoms with Gasteiger partial charge in [0.05, 0.1) is 0 Å². The first-order chi connectivity index (χ1) is 6.87. The van der Waals surface area contributed by atoms with Crippen LogP contribution in [0.25, 0.3) is 0 Å². The molecule has 0 saturated carbocycles. The van der Waals surface area contributed by atoms with Crippen LogP contribution in [0, 0.1) is 11.3 Å². The van der Waals surface area contributed by atoms with Crippen molar-refractivity contribution in [3.63, 3.8) is 0 Å². The van der Waals surface area contributed by atoms with Gasteiger partial charge in [-0.1, -0.05) is 27.7 Å². The maximum absolute atomic E-state index is 5.60. The molecule has 0 aromatic carbocycles. The van der Waals surface area contributed by atoms with E-state index >= 15 is 0 Å². The number of hydrogen-bond acceptors (Lipinski definition) is 2. The highest BCUT2D eigenvalue weighted by Crippen LogP contribution is 2.25. The van der Waals surface area contributed by atoms with Gasteiger partial charge in [-0.25, -0.2) is 0 Å². The molecule has 0 fully saturated rings. The normalized spacial score (nSPS) is 12.8. The molecule has 0 aliphatic rings. The molecule has 0 amide bonds. The fourth-order valence-corrected chi connectivity index (χ4v) is 2.06. The monoisotopic (exact) mass is 214 g/mol. The van der Waals surface area contributed by atoms with Gasteiger partial charge in [-0.15, -0.1) is 0 Å². The Morgan fingerprint density at radius 1 is 1.20 bits per heavy atom. The van der Waals surface area contributed by atoms with Gasteiger partial charge < -0.3 is 10.6 Å². The van der Waals surface area contributed by atoms with Gasteiger partial charge in [-0.2, -0.15) is 0 Å². The van der Waals surface area contributed by atoms with Crippen molar-refractivity contribution in [3.05, 3.63) is 0 Å². The summed E-state index contributed by atoms with van der Waals surface area (Å²) < 4.78 is 0. The van der Waals surface area contributed by atoms with Crippen molar-refractivity contribution in [1.29, 1.82) is 0 Å². The summed E-state index contributed by atoms with van der Waals surface area (Å²) in [6, 6.07) is 0. The minimum atomic E-state index is 0.424. The molecule has 0 aromatic heterocycles. The number of rotatable bonds is 8. The largest absolute Gasteiger partial charge is 0.330 e. The van der Waals surface area contributed by atoms with Gasteiger partial charge in [0, 0.05) is 6.54 Å². The highest BCUT2D eigenvalue weighted by molar-refractivity contribution is 4.69. The maximum atomic E-state index is 5.60. The Balaban J connectivity index is 3.60. The van der Waals surface area contributed by atoms with Crippen LogP contribution >= 0.6 is 0 Å². The molecular weight excluding hydrogens is 184 g/mol. The average molecular weight is 214 g/mol. The smallest absolute Gasteiger partial charge is 0.000133 e. The SMILES string of the molecule is CC(C)CN(C)CCCC(C)(C)CCN. The van der Waals surface area contributed by atoms with Crippen molar-refractivity contribution in [2.75, 3.05) is 26.7 Å². The molecule has 0 saturated heterocycles. The van der Waals surface area contributed by atoms with Crippen LogP contribution in [-0.4, -0.2) is 31.6 Å². The van der Waals surface area contributed by atoms with Gasteiger partial charge in [0.15, 0.2) is 0 Å². The van der Waals surface area contributed by atoms with Crippen LogP contribution in [0.5, 0.6) is 0 Å². The predicted molar refractivity (Wildman–Crippen MR) is 69.0 cm³/mol. The molecule has 92 valence electrons. The summed E-state index contributed by atoms with van der Waals surface area (Å²) in [5.41, 5.74) is 6.03. The molecule has 0 aliphatic carbocycles. The Labute approximate surface area is 96.2 Å². The van der Waals surface area contributed by atoms with Crippen molar-refractivity contribution in [2.24, 2.45) is 17.1 Å². The molecule has 2 heteroatoms. The summed E-state index contributed by atoms with van der Waals surface area (Å²) in [6.07, 6.45) is 3.71. The lowest BCUT2D eigenvalue weighted by molar-refractivity contribution is 0.248. The standard InChI is InChI=1S/C13H30N2/c1-12(2)11-15(5)10-6-7-13(3,4)8-9-14/h12H,6-11,14H2,1-5H3. The Morgan fingerprint density at radius 2 is 1.80 bits per heavy atom. The van der Waals surface area contributed by atoms with Crippen LogP contribution in [0.4, 0.5) is 0 Å². The highest BCUT2D eigenvalue weighted by Gasteiger charge is 2.16. The van der Waals surface area contributed by atoms with Gasteiger partial charge in [-0.3, -0.25) is 0 Å². The molecule has 0 unspecified atom stereocenters. The van der Waals surface area contributed by atoms with Crippen molar-refractivity contribution in [3.8, 4) is 0 Å². The number of hydrogen-bond donors (Lipinski definition) is 1. The van der Waals surface area contributed by atoms with E-state index in [0.717, 1.165) is 18.9 Å². The summed E-state index contributed by atoms with van der Waals surface area (Å²) >= 11 is 0. The second-order valence-corrected chi connectivity index (χ2v) is 5.96. The maximum Gasteiger partial charge on any atom is 0.000133 e. The summed E-state index contributed by atoms with van der Waals surface area (Å²) in [4.78, 5) is 2.43. The van der Waals surface area contributed by atoms with Gasteiger partial charge in [-0.05, 0) is 50.7 Å². The zero-order chi connectivity index (χ0) is 11.9. The van der Waals surface area contributed by atoms with E-state index in [-0.39, 0.29) is 0 Å². The minimum Gasteiger partial charge on any atom is -0.330 e. The van der Waals surface area contributed by atoms with Gasteiger partial charge in [0.2, 0.25) is 0 Å². The lowest BCUT2D eigenvalue weighted by Gasteiger charge is -2.25. The first-order valence-corrected chi connectivity index (χ1v) is 6.26. The minimum absolute atomic E-state index is 0.424. The molecule has 0 aromatic rings. The molecule has 0 spiro atoms. The predicted octanol–water partition coefficient (Wildman–Crippen LogP) is 2.73. The highest BCUT2D eigenvalue weighted by atomic mass is 15.1. The Morgan fingerprint density at radius 3 is 2.27 bits per heavy atom. The zero-order valence-electron chi connectivity index (χ0n) is 11.3. The van der Waals surface area contributed by atoms with Crippen LogP contribution in [0.3, 0.4) is 0 Å². The van der Waals surface area contributed by atoms with Crippen molar-refractivity contribution >= 4 is 0 Å². The van der Waals surface area contributed by atoms with Gasteiger partial charge in [0.1, 0.15) is 0 Å². The first-order valence-electron chi connectivity index (χ1n) is 6.26. The fraction of sp³-hybridized carbons (Fsp3) is 1.00. The van der Waals surface area contributed by atoms with Crippen LogP contribution in [0.1, 0.15) is 47.0 Å². The summed E-state index contributed by atoms with van der Waals surface area (Å²) in [5, 5.41) is 0. The van der Waals surface area contributed by atoms with Crippen LogP contribution in [0.2, 0.25) is 0 Å². The van der Waals surface area contributed by atoms with Crippen molar-refractivity contribution < 1.29 is 0 Å². The summed E-state index contributed by atoms with van der Waals surface area (Å²) in [7, 11) is 2.22. The Hall–Kier alpha value is -0.0800. The lowest BCUT2D eigenvalue weighted by Crippen LogP contribution is -2.26. The van der Waals surface area contributed by atoms with E-state index in [0.29, 0.717) is 5.41 Å². The van der Waals surface area contributed by atoms with E-state index in [4.69, 9.17) is 5.73 Å². The third kappa shape index (κ3) is 8.88. The second kappa shape index (κ2) is 7.24. The van der Waals surface area contributed by atoms with E-state index in [1.165, 1.54) is 25.9 Å². The van der Waals surface area contributed by atoms with Gasteiger partial charge >= 0.3 is 0 Å². The van der Waals surface area contributed by atoms with Crippen LogP contribution < -0.4 is 5.73 Å². The Bertz CT molecular complexity index is 153. The van der Waals surface area contributed by atoms with Crippen molar-refractivity contribution in [1.82, 2.24) is 4.90 Å². The molecule has 0 rings (SSSR count). The summed E-state index contributed by atoms with van der Waals surface area (Å²) in [6.45, 7) is 12.4. The molecule has 0 atom stereocenters. The first kappa shape index (κ1) is 14.9. The Kier molecular flexibility index (Phi) is 7.20. The molecule has 0 heterocycles. The fourth-order valence-electron chi connectivity index (χ4n) is 2.06. The van der Waals surface area contributed by atoms with Gasteiger partial charge in [0.25, 0.3) is 0 Å². The van der Waals surface area contributed by atoms with E-state index in [1.54, 1.807) is 0 Å². The van der Waals surface area contributed by atoms with E-state index in [9.17, 15) is 0 Å². The molecular formula is C13H30N2. The van der Waals surface area contributed by atoms with E-state index < -0.39 is 0 Å². The molecule has 15 heavy (non-hydrogen) atoms. The molecule has 2 nitrogen and oxygen atoms in total. The lowest BCUT2D eigenvalue weighted by atomic mass is 9.84. The zero-order valence-corrected chi connectivity index (χ0v) is 11.3. The van der Waals surface area contributed by atoms with E-state index in [1.807, 2.05) is 0 Å².